The Kier molecular flexibility index (Phi) is 4.31. The van der Waals surface area contributed by atoms with Gasteiger partial charge < -0.3 is 14.2 Å². The van der Waals surface area contributed by atoms with Gasteiger partial charge in [-0.25, -0.2) is 0 Å². The molecule has 1 aromatic rings. The molecular weight excluding hydrogens is 367 g/mol. The third kappa shape index (κ3) is 2.87. The van der Waals surface area contributed by atoms with Crippen molar-refractivity contribution in [2.24, 2.45) is 0 Å². The predicted octanol–water partition coefficient (Wildman–Crippen LogP) is 3.65. The summed E-state index contributed by atoms with van der Waals surface area (Å²) in [7, 11) is 0. The van der Waals surface area contributed by atoms with Crippen LogP contribution in [0.15, 0.2) is 18.2 Å². The van der Waals surface area contributed by atoms with Crippen molar-refractivity contribution in [2.45, 2.75) is 49.4 Å². The van der Waals surface area contributed by atoms with Gasteiger partial charge in [-0.1, -0.05) is 29.3 Å². The van der Waals surface area contributed by atoms with Crippen molar-refractivity contribution < 1.29 is 23.8 Å². The van der Waals surface area contributed by atoms with Crippen LogP contribution in [0.1, 0.15) is 43.6 Å². The lowest BCUT2D eigenvalue weighted by Crippen LogP contribution is -2.51. The highest BCUT2D eigenvalue weighted by Crippen LogP contribution is 2.48. The summed E-state index contributed by atoms with van der Waals surface area (Å²) in [6.07, 6.45) is 2.75. The molecule has 0 amide bonds. The Balaban J connectivity index is 1.57. The normalized spacial score (nSPS) is 27.7. The van der Waals surface area contributed by atoms with E-state index in [0.717, 1.165) is 6.42 Å². The molecule has 25 heavy (non-hydrogen) atoms. The zero-order chi connectivity index (χ0) is 17.7. The molecule has 2 aliphatic heterocycles. The first-order chi connectivity index (χ1) is 11.9. The largest absolute Gasteiger partial charge is 0.450 e. The lowest BCUT2D eigenvalue weighted by atomic mass is 9.75. The van der Waals surface area contributed by atoms with Crippen LogP contribution in [-0.2, 0) is 23.8 Å². The summed E-state index contributed by atoms with van der Waals surface area (Å²) < 4.78 is 17.2. The van der Waals surface area contributed by atoms with Crippen molar-refractivity contribution in [1.82, 2.24) is 0 Å². The van der Waals surface area contributed by atoms with Gasteiger partial charge in [-0.3, -0.25) is 9.59 Å². The van der Waals surface area contributed by atoms with Crippen molar-refractivity contribution in [3.63, 3.8) is 0 Å². The van der Waals surface area contributed by atoms with E-state index in [1.807, 2.05) is 0 Å². The van der Waals surface area contributed by atoms with Gasteiger partial charge in [0.15, 0.2) is 17.2 Å². The van der Waals surface area contributed by atoms with Crippen LogP contribution in [0.3, 0.4) is 0 Å². The summed E-state index contributed by atoms with van der Waals surface area (Å²) in [5, 5.41) is 0.750. The van der Waals surface area contributed by atoms with Crippen LogP contribution in [-0.4, -0.2) is 36.4 Å². The third-order valence-corrected chi connectivity index (χ3v) is 5.92. The molecule has 0 N–H and O–H groups in total. The Morgan fingerprint density at radius 2 is 1.68 bits per heavy atom. The zero-order valence-corrected chi connectivity index (χ0v) is 15.1. The van der Waals surface area contributed by atoms with Gasteiger partial charge in [-0.2, -0.15) is 0 Å². The van der Waals surface area contributed by atoms with E-state index in [4.69, 9.17) is 37.4 Å². The van der Waals surface area contributed by atoms with Crippen LogP contribution in [0.5, 0.6) is 0 Å². The van der Waals surface area contributed by atoms with Gasteiger partial charge in [0.05, 0.1) is 13.2 Å². The van der Waals surface area contributed by atoms with Gasteiger partial charge in [0.2, 0.25) is 0 Å². The van der Waals surface area contributed by atoms with Crippen LogP contribution in [0.25, 0.3) is 0 Å². The molecule has 1 unspecified atom stereocenters. The molecule has 0 bridgehead atoms. The lowest BCUT2D eigenvalue weighted by Gasteiger charge is -2.44. The number of Topliss-reactive ketones (excluding diaryl/α,β-unsaturated/α-hetero) is 1. The number of esters is 1. The molecule has 1 saturated carbocycles. The number of halogens is 2. The SMILES string of the molecule is O=C1OC2(CCC3(CC2)OCCCO3)C(=O)C1c1ccc(Cl)cc1Cl. The fourth-order valence-electron chi connectivity index (χ4n) is 3.96. The van der Waals surface area contributed by atoms with Crippen molar-refractivity contribution in [3.8, 4) is 0 Å². The van der Waals surface area contributed by atoms with Crippen LogP contribution in [0.2, 0.25) is 10.0 Å². The van der Waals surface area contributed by atoms with Crippen LogP contribution < -0.4 is 0 Å². The Labute approximate surface area is 155 Å². The third-order valence-electron chi connectivity index (χ3n) is 5.35. The molecule has 3 fully saturated rings. The number of carbonyl (C=O) groups excluding carboxylic acids is 2. The molecule has 3 aliphatic rings. The fraction of sp³-hybridized carbons (Fsp3) is 0.556. The second kappa shape index (κ2) is 6.23. The molecule has 1 aromatic carbocycles. The molecule has 2 saturated heterocycles. The minimum Gasteiger partial charge on any atom is -0.450 e. The fourth-order valence-corrected chi connectivity index (χ4v) is 4.48. The van der Waals surface area contributed by atoms with Crippen molar-refractivity contribution in [3.05, 3.63) is 33.8 Å². The number of benzene rings is 1. The smallest absolute Gasteiger partial charge is 0.322 e. The Morgan fingerprint density at radius 1 is 1.00 bits per heavy atom. The maximum atomic E-state index is 13.1. The molecule has 134 valence electrons. The molecule has 7 heteroatoms. The Bertz CT molecular complexity index is 716. The number of ether oxygens (including phenoxy) is 3. The standard InChI is InChI=1S/C18H18Cl2O5/c19-11-2-3-12(13(20)10-11)14-15(21)17(25-16(14)22)4-6-18(7-5-17)23-8-1-9-24-18/h2-3,10,14H,1,4-9H2. The molecule has 1 atom stereocenters. The van der Waals surface area contributed by atoms with Crippen molar-refractivity contribution in [1.29, 1.82) is 0 Å². The van der Waals surface area contributed by atoms with Gasteiger partial charge in [-0.15, -0.1) is 0 Å². The van der Waals surface area contributed by atoms with Crippen LogP contribution in [0.4, 0.5) is 0 Å². The van der Waals surface area contributed by atoms with E-state index in [1.165, 1.54) is 6.07 Å². The molecule has 2 heterocycles. The van der Waals surface area contributed by atoms with Crippen LogP contribution >= 0.6 is 23.2 Å². The van der Waals surface area contributed by atoms with E-state index in [1.54, 1.807) is 12.1 Å². The van der Waals surface area contributed by atoms with E-state index in [0.29, 0.717) is 54.5 Å². The second-order valence-corrected chi connectivity index (χ2v) is 7.68. The summed E-state index contributed by atoms with van der Waals surface area (Å²) in [4.78, 5) is 25.5. The minimum absolute atomic E-state index is 0.229. The average Bonchev–Trinajstić information content (AvgIpc) is 2.83. The monoisotopic (exact) mass is 384 g/mol. The van der Waals surface area contributed by atoms with Gasteiger partial charge in [0, 0.05) is 22.9 Å². The van der Waals surface area contributed by atoms with E-state index in [-0.39, 0.29) is 5.78 Å². The molecule has 5 nitrogen and oxygen atoms in total. The molecule has 2 spiro atoms. The van der Waals surface area contributed by atoms with E-state index >= 15 is 0 Å². The molecule has 4 rings (SSSR count). The first-order valence-corrected chi connectivity index (χ1v) is 9.20. The van der Waals surface area contributed by atoms with Gasteiger partial charge in [0.25, 0.3) is 0 Å². The van der Waals surface area contributed by atoms with E-state index in [2.05, 4.69) is 0 Å². The lowest BCUT2D eigenvalue weighted by molar-refractivity contribution is -0.289. The van der Waals surface area contributed by atoms with E-state index in [9.17, 15) is 9.59 Å². The summed E-state index contributed by atoms with van der Waals surface area (Å²) in [6, 6.07) is 4.77. The highest BCUT2D eigenvalue weighted by atomic mass is 35.5. The second-order valence-electron chi connectivity index (χ2n) is 6.84. The maximum Gasteiger partial charge on any atom is 0.322 e. The number of ketones is 1. The zero-order valence-electron chi connectivity index (χ0n) is 13.6. The Morgan fingerprint density at radius 3 is 2.32 bits per heavy atom. The number of hydrogen-bond acceptors (Lipinski definition) is 5. The van der Waals surface area contributed by atoms with Gasteiger partial charge >= 0.3 is 5.97 Å². The number of hydrogen-bond donors (Lipinski definition) is 0. The molecule has 0 radical (unpaired) electrons. The quantitative estimate of drug-likeness (QED) is 0.546. The Hall–Kier alpha value is -1.14. The van der Waals surface area contributed by atoms with Crippen molar-refractivity contribution >= 4 is 35.0 Å². The van der Waals surface area contributed by atoms with Crippen molar-refractivity contribution in [2.75, 3.05) is 13.2 Å². The summed E-state index contributed by atoms with van der Waals surface area (Å²) >= 11 is 12.1. The number of carbonyl (C=O) groups is 2. The maximum absolute atomic E-state index is 13.1. The van der Waals surface area contributed by atoms with Gasteiger partial charge in [-0.05, 0) is 37.0 Å². The number of rotatable bonds is 1. The topological polar surface area (TPSA) is 61.8 Å². The molecular formula is C18H18Cl2O5. The summed E-state index contributed by atoms with van der Waals surface area (Å²) in [5.41, 5.74) is -0.650. The highest BCUT2D eigenvalue weighted by molar-refractivity contribution is 6.35. The first-order valence-electron chi connectivity index (χ1n) is 8.45. The molecule has 0 aromatic heterocycles. The average molecular weight is 385 g/mol. The minimum atomic E-state index is -1.10. The first kappa shape index (κ1) is 17.3. The van der Waals surface area contributed by atoms with Crippen LogP contribution in [0, 0.1) is 0 Å². The van der Waals surface area contributed by atoms with E-state index < -0.39 is 23.3 Å². The molecule has 1 aliphatic carbocycles. The summed E-state index contributed by atoms with van der Waals surface area (Å²) in [6.45, 7) is 1.31. The summed E-state index contributed by atoms with van der Waals surface area (Å²) in [5.74, 6) is -2.40. The van der Waals surface area contributed by atoms with Gasteiger partial charge in [0.1, 0.15) is 5.92 Å². The highest BCUT2D eigenvalue weighted by Gasteiger charge is 2.59. The predicted molar refractivity (Wildman–Crippen MR) is 90.8 cm³/mol.